The highest BCUT2D eigenvalue weighted by atomic mass is 19.4. The molecule has 0 aromatic carbocycles. The average Bonchev–Trinajstić information content (AvgIpc) is 2.93. The van der Waals surface area contributed by atoms with Gasteiger partial charge in [-0.1, -0.05) is 5.16 Å². The molecule has 21 heavy (non-hydrogen) atoms. The van der Waals surface area contributed by atoms with Crippen molar-refractivity contribution < 1.29 is 18.0 Å². The van der Waals surface area contributed by atoms with Crippen molar-refractivity contribution in [3.63, 3.8) is 0 Å². The van der Waals surface area contributed by atoms with E-state index in [0.29, 0.717) is 12.2 Å². The molecular formula is C12H12F3N5O. The summed E-state index contributed by atoms with van der Waals surface area (Å²) in [4.78, 5) is 12.6. The van der Waals surface area contributed by atoms with Gasteiger partial charge in [0.1, 0.15) is 25.0 Å². The molecule has 2 aromatic rings. The van der Waals surface area contributed by atoms with Crippen LogP contribution in [0.4, 0.5) is 13.2 Å². The minimum atomic E-state index is -4.44. The Kier molecular flexibility index (Phi) is 4.20. The van der Waals surface area contributed by atoms with Crippen molar-refractivity contribution in [3.05, 3.63) is 41.7 Å². The monoisotopic (exact) mass is 299 g/mol. The molecule has 112 valence electrons. The van der Waals surface area contributed by atoms with Crippen LogP contribution < -0.4 is 0 Å². The van der Waals surface area contributed by atoms with Gasteiger partial charge in [-0.2, -0.15) is 23.0 Å². The molecule has 0 atom stereocenters. The maximum atomic E-state index is 12.7. The van der Waals surface area contributed by atoms with Gasteiger partial charge in [-0.3, -0.25) is 4.98 Å². The molecule has 0 N–H and O–H groups in total. The Morgan fingerprint density at radius 1 is 1.43 bits per heavy atom. The van der Waals surface area contributed by atoms with Crippen molar-refractivity contribution in [1.29, 1.82) is 0 Å². The first-order valence-electron chi connectivity index (χ1n) is 6.02. The van der Waals surface area contributed by atoms with Crippen LogP contribution in [0.5, 0.6) is 0 Å². The molecule has 0 saturated carbocycles. The molecule has 0 radical (unpaired) electrons. The van der Waals surface area contributed by atoms with Crippen LogP contribution in [0.25, 0.3) is 0 Å². The Morgan fingerprint density at radius 3 is 2.71 bits per heavy atom. The Bertz CT molecular complexity index is 637. The zero-order chi connectivity index (χ0) is 15.5. The summed E-state index contributed by atoms with van der Waals surface area (Å²) >= 11 is 0. The SMILES string of the molecule is CCON=C(c1ncc(C(F)(F)F)cc1C)n1cncn1. The van der Waals surface area contributed by atoms with Gasteiger partial charge in [0.25, 0.3) is 0 Å². The highest BCUT2D eigenvalue weighted by Crippen LogP contribution is 2.29. The predicted octanol–water partition coefficient (Wildman–Crippen LogP) is 2.25. The molecule has 0 unspecified atom stereocenters. The second kappa shape index (κ2) is 5.90. The van der Waals surface area contributed by atoms with E-state index in [-0.39, 0.29) is 11.5 Å². The number of oxime groups is 1. The second-order valence-electron chi connectivity index (χ2n) is 4.06. The van der Waals surface area contributed by atoms with Gasteiger partial charge in [0.05, 0.1) is 5.56 Å². The van der Waals surface area contributed by atoms with E-state index in [1.807, 2.05) is 0 Å². The van der Waals surface area contributed by atoms with Gasteiger partial charge in [-0.25, -0.2) is 4.98 Å². The topological polar surface area (TPSA) is 65.2 Å². The number of aromatic nitrogens is 4. The average molecular weight is 299 g/mol. The fourth-order valence-corrected chi connectivity index (χ4v) is 1.60. The molecule has 0 aliphatic carbocycles. The number of hydrogen-bond acceptors (Lipinski definition) is 5. The number of rotatable bonds is 3. The minimum absolute atomic E-state index is 0.167. The van der Waals surface area contributed by atoms with Crippen LogP contribution in [0, 0.1) is 6.92 Å². The van der Waals surface area contributed by atoms with Crippen molar-refractivity contribution in [2.45, 2.75) is 20.0 Å². The molecule has 2 aromatic heterocycles. The summed E-state index contributed by atoms with van der Waals surface area (Å²) < 4.78 is 39.2. The van der Waals surface area contributed by atoms with Crippen LogP contribution in [0.3, 0.4) is 0 Å². The Balaban J connectivity index is 2.47. The van der Waals surface area contributed by atoms with E-state index in [1.165, 1.54) is 24.3 Å². The minimum Gasteiger partial charge on any atom is -0.394 e. The molecule has 0 aliphatic rings. The molecule has 9 heteroatoms. The zero-order valence-electron chi connectivity index (χ0n) is 11.3. The van der Waals surface area contributed by atoms with Gasteiger partial charge in [0, 0.05) is 6.20 Å². The van der Waals surface area contributed by atoms with Crippen molar-refractivity contribution >= 4 is 5.84 Å². The van der Waals surface area contributed by atoms with Crippen LogP contribution >= 0.6 is 0 Å². The summed E-state index contributed by atoms with van der Waals surface area (Å²) in [6.07, 6.45) is -1.06. The molecule has 2 heterocycles. The third-order valence-corrected chi connectivity index (χ3v) is 2.53. The molecule has 6 nitrogen and oxygen atoms in total. The summed E-state index contributed by atoms with van der Waals surface area (Å²) in [5.74, 6) is 0.167. The summed E-state index contributed by atoms with van der Waals surface area (Å²) in [6.45, 7) is 3.54. The van der Waals surface area contributed by atoms with Gasteiger partial charge in [0.2, 0.25) is 5.84 Å². The molecule has 0 bridgehead atoms. The number of halogens is 3. The first-order chi connectivity index (χ1) is 9.93. The molecule has 0 fully saturated rings. The molecule has 0 aliphatic heterocycles. The quantitative estimate of drug-likeness (QED) is 0.495. The maximum Gasteiger partial charge on any atom is 0.417 e. The molecule has 0 spiro atoms. The summed E-state index contributed by atoms with van der Waals surface area (Å²) in [7, 11) is 0. The molecular weight excluding hydrogens is 287 g/mol. The summed E-state index contributed by atoms with van der Waals surface area (Å²) in [6, 6.07) is 1.00. The third kappa shape index (κ3) is 3.36. The number of aryl methyl sites for hydroxylation is 1. The predicted molar refractivity (Wildman–Crippen MR) is 67.6 cm³/mol. The van der Waals surface area contributed by atoms with E-state index in [0.717, 1.165) is 12.3 Å². The zero-order valence-corrected chi connectivity index (χ0v) is 11.3. The summed E-state index contributed by atoms with van der Waals surface area (Å²) in [5, 5.41) is 7.73. The van der Waals surface area contributed by atoms with Crippen molar-refractivity contribution in [1.82, 2.24) is 19.7 Å². The first kappa shape index (κ1) is 14.9. The highest BCUT2D eigenvalue weighted by Gasteiger charge is 2.31. The van der Waals surface area contributed by atoms with Crippen LogP contribution in [0.2, 0.25) is 0 Å². The van der Waals surface area contributed by atoms with Crippen molar-refractivity contribution in [3.8, 4) is 0 Å². The van der Waals surface area contributed by atoms with E-state index in [9.17, 15) is 13.2 Å². The first-order valence-corrected chi connectivity index (χ1v) is 6.02. The lowest BCUT2D eigenvalue weighted by Crippen LogP contribution is -2.19. The van der Waals surface area contributed by atoms with Crippen LogP contribution in [-0.4, -0.2) is 32.2 Å². The van der Waals surface area contributed by atoms with Gasteiger partial charge in [-0.05, 0) is 25.5 Å². The lowest BCUT2D eigenvalue weighted by atomic mass is 10.1. The van der Waals surface area contributed by atoms with E-state index < -0.39 is 11.7 Å². The van der Waals surface area contributed by atoms with E-state index >= 15 is 0 Å². The fraction of sp³-hybridized carbons (Fsp3) is 0.333. The standard InChI is InChI=1S/C12H12F3N5O/c1-3-21-19-11(20-7-16-6-18-20)10-8(2)4-9(5-17-10)12(13,14)15/h4-7H,3H2,1-2H3. The van der Waals surface area contributed by atoms with Crippen LogP contribution in [0.15, 0.2) is 30.1 Å². The number of alkyl halides is 3. The third-order valence-electron chi connectivity index (χ3n) is 2.53. The molecule has 2 rings (SSSR count). The van der Waals surface area contributed by atoms with Crippen LogP contribution in [0.1, 0.15) is 23.7 Å². The Labute approximate surface area is 118 Å². The number of nitrogens with zero attached hydrogens (tertiary/aromatic N) is 5. The maximum absolute atomic E-state index is 12.7. The van der Waals surface area contributed by atoms with Crippen LogP contribution in [-0.2, 0) is 11.0 Å². The highest BCUT2D eigenvalue weighted by molar-refractivity contribution is 5.98. The Hall–Kier alpha value is -2.45. The molecule has 0 saturated heterocycles. The Morgan fingerprint density at radius 2 is 2.19 bits per heavy atom. The lowest BCUT2D eigenvalue weighted by molar-refractivity contribution is -0.137. The van der Waals surface area contributed by atoms with E-state index in [2.05, 4.69) is 20.2 Å². The van der Waals surface area contributed by atoms with E-state index in [1.54, 1.807) is 6.92 Å². The van der Waals surface area contributed by atoms with Crippen molar-refractivity contribution in [2.24, 2.45) is 5.16 Å². The van der Waals surface area contributed by atoms with Gasteiger partial charge >= 0.3 is 6.18 Å². The fourth-order valence-electron chi connectivity index (χ4n) is 1.60. The van der Waals surface area contributed by atoms with Gasteiger partial charge in [-0.15, -0.1) is 0 Å². The van der Waals surface area contributed by atoms with Gasteiger partial charge in [0.15, 0.2) is 0 Å². The van der Waals surface area contributed by atoms with E-state index in [4.69, 9.17) is 4.84 Å². The smallest absolute Gasteiger partial charge is 0.394 e. The van der Waals surface area contributed by atoms with Crippen molar-refractivity contribution in [2.75, 3.05) is 6.61 Å². The number of pyridine rings is 1. The second-order valence-corrected chi connectivity index (χ2v) is 4.06. The number of hydrogen-bond donors (Lipinski definition) is 0. The summed E-state index contributed by atoms with van der Waals surface area (Å²) in [5.41, 5.74) is -0.279. The van der Waals surface area contributed by atoms with Gasteiger partial charge < -0.3 is 4.84 Å². The largest absolute Gasteiger partial charge is 0.417 e. The lowest BCUT2D eigenvalue weighted by Gasteiger charge is -2.11. The normalized spacial score (nSPS) is 12.5. The molecule has 0 amide bonds.